The van der Waals surface area contributed by atoms with Crippen LogP contribution in [-0.2, 0) is 12.3 Å². The van der Waals surface area contributed by atoms with Gasteiger partial charge in [-0.05, 0) is 54.8 Å². The maximum atomic E-state index is 6.00. The second kappa shape index (κ2) is 9.37. The molecule has 0 atom stereocenters. The minimum atomic E-state index is 0.592. The second-order valence-electron chi connectivity index (χ2n) is 7.11. The zero-order valence-corrected chi connectivity index (χ0v) is 18.5. The molecule has 0 aliphatic rings. The summed E-state index contributed by atoms with van der Waals surface area (Å²) in [5.74, 6) is 1.68. The Morgan fingerprint density at radius 3 is 2.27 bits per heavy atom. The second-order valence-corrected chi connectivity index (χ2v) is 8.48. The quantitative estimate of drug-likeness (QED) is 0.340. The smallest absolute Gasteiger partial charge is 0.196 e. The molecule has 4 nitrogen and oxygen atoms in total. The lowest BCUT2D eigenvalue weighted by molar-refractivity contribution is 0.840. The zero-order chi connectivity index (χ0) is 20.9. The number of nitrogens with one attached hydrogen (secondary N) is 1. The SMILES string of the molecule is Cc1cccc(C)c1NCc1nnc(SCc2ccc(Cl)cc2)n1-c1ccccc1. The summed E-state index contributed by atoms with van der Waals surface area (Å²) in [6, 6.07) is 24.5. The van der Waals surface area contributed by atoms with E-state index in [2.05, 4.69) is 64.3 Å². The Morgan fingerprint density at radius 2 is 1.57 bits per heavy atom. The first-order valence-electron chi connectivity index (χ1n) is 9.79. The molecule has 0 spiro atoms. The highest BCUT2D eigenvalue weighted by atomic mass is 35.5. The van der Waals surface area contributed by atoms with Crippen LogP contribution in [0, 0.1) is 13.8 Å². The van der Waals surface area contributed by atoms with Gasteiger partial charge in [0, 0.05) is 22.2 Å². The predicted molar refractivity (Wildman–Crippen MR) is 126 cm³/mol. The van der Waals surface area contributed by atoms with Gasteiger partial charge in [0.25, 0.3) is 0 Å². The number of aryl methyl sites for hydroxylation is 2. The summed E-state index contributed by atoms with van der Waals surface area (Å²) in [5.41, 5.74) is 5.84. The number of hydrogen-bond acceptors (Lipinski definition) is 4. The molecule has 1 N–H and O–H groups in total. The summed E-state index contributed by atoms with van der Waals surface area (Å²) in [5, 5.41) is 14.2. The first kappa shape index (κ1) is 20.5. The molecule has 0 radical (unpaired) electrons. The average Bonchev–Trinajstić information content (AvgIpc) is 3.16. The van der Waals surface area contributed by atoms with E-state index in [9.17, 15) is 0 Å². The summed E-state index contributed by atoms with van der Waals surface area (Å²) in [6.45, 7) is 4.82. The maximum absolute atomic E-state index is 6.00. The van der Waals surface area contributed by atoms with Crippen molar-refractivity contribution < 1.29 is 0 Å². The van der Waals surface area contributed by atoms with Gasteiger partial charge in [-0.2, -0.15) is 0 Å². The summed E-state index contributed by atoms with van der Waals surface area (Å²) >= 11 is 7.67. The van der Waals surface area contributed by atoms with E-state index in [1.807, 2.05) is 42.5 Å². The van der Waals surface area contributed by atoms with Crippen LogP contribution in [-0.4, -0.2) is 14.8 Å². The predicted octanol–water partition coefficient (Wildman–Crippen LogP) is 6.44. The van der Waals surface area contributed by atoms with Crippen molar-refractivity contribution in [2.45, 2.75) is 31.3 Å². The highest BCUT2D eigenvalue weighted by Crippen LogP contribution is 2.27. The average molecular weight is 435 g/mol. The summed E-state index contributed by atoms with van der Waals surface area (Å²) in [4.78, 5) is 0. The third kappa shape index (κ3) is 4.69. The maximum Gasteiger partial charge on any atom is 0.196 e. The molecule has 0 saturated heterocycles. The Morgan fingerprint density at radius 1 is 0.867 bits per heavy atom. The Labute approximate surface area is 186 Å². The number of hydrogen-bond donors (Lipinski definition) is 1. The first-order valence-corrected chi connectivity index (χ1v) is 11.2. The third-order valence-electron chi connectivity index (χ3n) is 4.90. The molecule has 0 aliphatic carbocycles. The lowest BCUT2D eigenvalue weighted by atomic mass is 10.1. The number of nitrogens with zero attached hydrogens (tertiary/aromatic N) is 3. The number of para-hydroxylation sites is 2. The summed E-state index contributed by atoms with van der Waals surface area (Å²) in [7, 11) is 0. The molecule has 152 valence electrons. The Bertz CT molecular complexity index is 1100. The molecule has 0 saturated carbocycles. The molecule has 4 aromatic rings. The summed E-state index contributed by atoms with van der Waals surface area (Å²) in [6.07, 6.45) is 0. The van der Waals surface area contributed by atoms with Crippen molar-refractivity contribution >= 4 is 29.1 Å². The molecule has 0 amide bonds. The van der Waals surface area contributed by atoms with E-state index in [0.717, 1.165) is 33.1 Å². The molecule has 4 rings (SSSR count). The highest BCUT2D eigenvalue weighted by Gasteiger charge is 2.15. The monoisotopic (exact) mass is 434 g/mol. The van der Waals surface area contributed by atoms with Crippen molar-refractivity contribution in [2.75, 3.05) is 5.32 Å². The lowest BCUT2D eigenvalue weighted by Gasteiger charge is -2.14. The minimum absolute atomic E-state index is 0.592. The van der Waals surface area contributed by atoms with Gasteiger partial charge in [0.15, 0.2) is 11.0 Å². The standard InChI is InChI=1S/C24H23ClN4S/c1-17-7-6-8-18(2)23(17)26-15-22-27-28-24(29(22)21-9-4-3-5-10-21)30-16-19-11-13-20(25)14-12-19/h3-14,26H,15-16H2,1-2H3. The molecule has 0 fully saturated rings. The number of anilines is 1. The molecule has 3 aromatic carbocycles. The van der Waals surface area contributed by atoms with Crippen LogP contribution in [0.2, 0.25) is 5.02 Å². The minimum Gasteiger partial charge on any atom is -0.377 e. The van der Waals surface area contributed by atoms with Gasteiger partial charge in [-0.15, -0.1) is 10.2 Å². The molecule has 0 aliphatic heterocycles. The van der Waals surface area contributed by atoms with E-state index in [4.69, 9.17) is 11.6 Å². The highest BCUT2D eigenvalue weighted by molar-refractivity contribution is 7.98. The van der Waals surface area contributed by atoms with E-state index in [0.29, 0.717) is 6.54 Å². The first-order chi connectivity index (χ1) is 14.6. The number of aromatic nitrogens is 3. The molecule has 6 heteroatoms. The van der Waals surface area contributed by atoms with Crippen molar-refractivity contribution in [1.82, 2.24) is 14.8 Å². The van der Waals surface area contributed by atoms with Crippen molar-refractivity contribution in [2.24, 2.45) is 0 Å². The lowest BCUT2D eigenvalue weighted by Crippen LogP contribution is -2.09. The van der Waals surface area contributed by atoms with E-state index < -0.39 is 0 Å². The van der Waals surface area contributed by atoms with Crippen LogP contribution in [0.5, 0.6) is 0 Å². The molecule has 30 heavy (non-hydrogen) atoms. The summed E-state index contributed by atoms with van der Waals surface area (Å²) < 4.78 is 2.13. The van der Waals surface area contributed by atoms with Crippen molar-refractivity contribution in [1.29, 1.82) is 0 Å². The molecule has 1 heterocycles. The fraction of sp³-hybridized carbons (Fsp3) is 0.167. The molecular formula is C24H23ClN4S. The van der Waals surface area contributed by atoms with Crippen molar-refractivity contribution in [3.8, 4) is 5.69 Å². The van der Waals surface area contributed by atoms with Gasteiger partial charge in [0.05, 0.1) is 6.54 Å². The number of halogens is 1. The Kier molecular flexibility index (Phi) is 6.41. The third-order valence-corrected chi connectivity index (χ3v) is 6.15. The van der Waals surface area contributed by atoms with Gasteiger partial charge >= 0.3 is 0 Å². The molecule has 0 unspecified atom stereocenters. The fourth-order valence-electron chi connectivity index (χ4n) is 3.33. The zero-order valence-electron chi connectivity index (χ0n) is 17.0. The number of rotatable bonds is 7. The Hall–Kier alpha value is -2.76. The van der Waals surface area contributed by atoms with E-state index >= 15 is 0 Å². The molecule has 1 aromatic heterocycles. The van der Waals surface area contributed by atoms with Gasteiger partial charge in [0.1, 0.15) is 0 Å². The Balaban J connectivity index is 1.60. The van der Waals surface area contributed by atoms with Gasteiger partial charge in [-0.25, -0.2) is 0 Å². The number of thioether (sulfide) groups is 1. The van der Waals surface area contributed by atoms with Gasteiger partial charge in [-0.1, -0.05) is 71.9 Å². The largest absolute Gasteiger partial charge is 0.377 e. The van der Waals surface area contributed by atoms with E-state index in [1.54, 1.807) is 11.8 Å². The van der Waals surface area contributed by atoms with Crippen molar-refractivity contribution in [3.05, 3.63) is 100 Å². The normalized spacial score (nSPS) is 10.9. The van der Waals surface area contributed by atoms with E-state index in [1.165, 1.54) is 16.7 Å². The number of benzene rings is 3. The fourth-order valence-corrected chi connectivity index (χ4v) is 4.39. The van der Waals surface area contributed by atoms with Gasteiger partial charge in [-0.3, -0.25) is 4.57 Å². The van der Waals surface area contributed by atoms with Gasteiger partial charge in [0.2, 0.25) is 0 Å². The van der Waals surface area contributed by atoms with Crippen LogP contribution in [0.3, 0.4) is 0 Å². The topological polar surface area (TPSA) is 42.7 Å². The van der Waals surface area contributed by atoms with Crippen LogP contribution in [0.4, 0.5) is 5.69 Å². The molecular weight excluding hydrogens is 412 g/mol. The van der Waals surface area contributed by atoms with E-state index in [-0.39, 0.29) is 0 Å². The van der Waals surface area contributed by atoms with Crippen LogP contribution in [0.25, 0.3) is 5.69 Å². The van der Waals surface area contributed by atoms with Crippen LogP contribution >= 0.6 is 23.4 Å². The van der Waals surface area contributed by atoms with Crippen LogP contribution < -0.4 is 5.32 Å². The van der Waals surface area contributed by atoms with Crippen molar-refractivity contribution in [3.63, 3.8) is 0 Å². The van der Waals surface area contributed by atoms with Crippen LogP contribution in [0.1, 0.15) is 22.5 Å². The molecule has 0 bridgehead atoms. The van der Waals surface area contributed by atoms with Crippen LogP contribution in [0.15, 0.2) is 78.0 Å². The van der Waals surface area contributed by atoms with Gasteiger partial charge < -0.3 is 5.32 Å².